The predicted octanol–water partition coefficient (Wildman–Crippen LogP) is 3.72. The number of hydrogen-bond donors (Lipinski definition) is 0. The van der Waals surface area contributed by atoms with Crippen LogP contribution in [0.15, 0.2) is 63.9 Å². The van der Waals surface area contributed by atoms with E-state index in [1.165, 1.54) is 23.8 Å². The predicted molar refractivity (Wildman–Crippen MR) is 94.7 cm³/mol. The van der Waals surface area contributed by atoms with Gasteiger partial charge >= 0.3 is 5.97 Å². The van der Waals surface area contributed by atoms with E-state index in [0.29, 0.717) is 17.1 Å². The fourth-order valence-corrected chi connectivity index (χ4v) is 2.89. The van der Waals surface area contributed by atoms with Gasteiger partial charge in [0.15, 0.2) is 0 Å². The highest BCUT2D eigenvalue weighted by Gasteiger charge is 2.38. The lowest BCUT2D eigenvalue weighted by Gasteiger charge is -2.18. The molecule has 1 aromatic heterocycles. The number of aryl methyl sites for hydroxylation is 1. The highest BCUT2D eigenvalue weighted by Crippen LogP contribution is 2.35. The second-order valence-corrected chi connectivity index (χ2v) is 5.69. The Hall–Kier alpha value is -3.08. The van der Waals surface area contributed by atoms with Crippen molar-refractivity contribution in [2.45, 2.75) is 20.3 Å². The van der Waals surface area contributed by atoms with E-state index in [1.807, 2.05) is 24.3 Å². The molecule has 0 saturated carbocycles. The average molecular weight is 337 g/mol. The van der Waals surface area contributed by atoms with Gasteiger partial charge in [-0.25, -0.2) is 4.79 Å². The third kappa shape index (κ3) is 3.01. The summed E-state index contributed by atoms with van der Waals surface area (Å²) in [4.78, 5) is 26.8. The topological polar surface area (TPSA) is 59.8 Å². The third-order valence-corrected chi connectivity index (χ3v) is 4.22. The van der Waals surface area contributed by atoms with Crippen molar-refractivity contribution < 1.29 is 18.7 Å². The fourth-order valence-electron chi connectivity index (χ4n) is 2.89. The van der Waals surface area contributed by atoms with E-state index >= 15 is 0 Å². The standard InChI is InChI=1S/C20H19NO4/c1-4-14-7-9-15(10-8-14)21-13(2)18(20(23)24-3)17(19(21)22)12-16-6-5-11-25-16/h5-12H,4H2,1-3H3/b17-12-. The molecule has 0 aliphatic carbocycles. The first-order valence-electron chi connectivity index (χ1n) is 8.05. The Kier molecular flexibility index (Phi) is 4.57. The van der Waals surface area contributed by atoms with Gasteiger partial charge in [0.05, 0.1) is 24.5 Å². The van der Waals surface area contributed by atoms with E-state index in [1.54, 1.807) is 25.1 Å². The smallest absolute Gasteiger partial charge is 0.340 e. The van der Waals surface area contributed by atoms with Crippen LogP contribution in [-0.2, 0) is 20.7 Å². The van der Waals surface area contributed by atoms with Gasteiger partial charge in [-0.3, -0.25) is 9.69 Å². The van der Waals surface area contributed by atoms with E-state index in [0.717, 1.165) is 6.42 Å². The normalized spacial score (nSPS) is 16.0. The molecule has 0 saturated heterocycles. The summed E-state index contributed by atoms with van der Waals surface area (Å²) in [6.45, 7) is 3.81. The molecule has 0 fully saturated rings. The molecule has 0 bridgehead atoms. The van der Waals surface area contributed by atoms with Crippen molar-refractivity contribution in [3.63, 3.8) is 0 Å². The van der Waals surface area contributed by atoms with Gasteiger partial charge in [-0.1, -0.05) is 19.1 Å². The Morgan fingerprint density at radius 3 is 2.52 bits per heavy atom. The van der Waals surface area contributed by atoms with Gasteiger partial charge in [0.25, 0.3) is 5.91 Å². The van der Waals surface area contributed by atoms with Gasteiger partial charge < -0.3 is 9.15 Å². The molecule has 25 heavy (non-hydrogen) atoms. The minimum Gasteiger partial charge on any atom is -0.465 e. The number of carbonyl (C=O) groups excluding carboxylic acids is 2. The van der Waals surface area contributed by atoms with Crippen LogP contribution in [0.1, 0.15) is 25.2 Å². The molecule has 3 rings (SSSR count). The second kappa shape index (κ2) is 6.81. The summed E-state index contributed by atoms with van der Waals surface area (Å²) >= 11 is 0. The largest absolute Gasteiger partial charge is 0.465 e. The highest BCUT2D eigenvalue weighted by molar-refractivity contribution is 6.23. The Bertz CT molecular complexity index is 858. The Morgan fingerprint density at radius 2 is 1.96 bits per heavy atom. The summed E-state index contributed by atoms with van der Waals surface area (Å²) in [5.74, 6) is -0.324. The number of amides is 1. The van der Waals surface area contributed by atoms with E-state index in [-0.39, 0.29) is 17.1 Å². The molecule has 2 heterocycles. The molecule has 1 aliphatic rings. The van der Waals surface area contributed by atoms with Crippen LogP contribution in [0.5, 0.6) is 0 Å². The van der Waals surface area contributed by atoms with Gasteiger partial charge in [-0.05, 0) is 49.2 Å². The molecule has 1 aromatic carbocycles. The summed E-state index contributed by atoms with van der Waals surface area (Å²) in [5.41, 5.74) is 2.95. The molecule has 0 N–H and O–H groups in total. The van der Waals surface area contributed by atoms with E-state index in [9.17, 15) is 9.59 Å². The lowest BCUT2D eigenvalue weighted by molar-refractivity contribution is -0.136. The molecule has 0 atom stereocenters. The molecular weight excluding hydrogens is 318 g/mol. The minimum absolute atomic E-state index is 0.253. The number of benzene rings is 1. The number of anilines is 1. The third-order valence-electron chi connectivity index (χ3n) is 4.22. The summed E-state index contributed by atoms with van der Waals surface area (Å²) < 4.78 is 10.2. The van der Waals surface area contributed by atoms with Gasteiger partial charge in [0.1, 0.15) is 5.76 Å². The maximum atomic E-state index is 13.0. The van der Waals surface area contributed by atoms with E-state index < -0.39 is 5.97 Å². The highest BCUT2D eigenvalue weighted by atomic mass is 16.5. The van der Waals surface area contributed by atoms with Crippen LogP contribution in [-0.4, -0.2) is 19.0 Å². The first kappa shape index (κ1) is 16.8. The summed E-state index contributed by atoms with van der Waals surface area (Å²) in [6.07, 6.45) is 4.00. The van der Waals surface area contributed by atoms with Gasteiger partial charge in [0, 0.05) is 11.4 Å². The van der Waals surface area contributed by atoms with Gasteiger partial charge in [-0.15, -0.1) is 0 Å². The zero-order valence-corrected chi connectivity index (χ0v) is 14.4. The van der Waals surface area contributed by atoms with Crippen LogP contribution >= 0.6 is 0 Å². The molecular formula is C20H19NO4. The molecule has 0 spiro atoms. The van der Waals surface area contributed by atoms with Crippen LogP contribution in [0.4, 0.5) is 5.69 Å². The first-order chi connectivity index (χ1) is 12.1. The van der Waals surface area contributed by atoms with E-state index in [2.05, 4.69) is 6.92 Å². The number of esters is 1. The summed E-state index contributed by atoms with van der Waals surface area (Å²) in [7, 11) is 1.30. The Labute approximate surface area is 146 Å². The average Bonchev–Trinajstić information content (AvgIpc) is 3.22. The van der Waals surface area contributed by atoms with Crippen molar-refractivity contribution in [2.24, 2.45) is 0 Å². The van der Waals surface area contributed by atoms with Crippen LogP contribution in [0.3, 0.4) is 0 Å². The molecule has 1 amide bonds. The summed E-state index contributed by atoms with van der Waals surface area (Å²) in [6, 6.07) is 11.2. The zero-order valence-electron chi connectivity index (χ0n) is 14.4. The molecule has 2 aromatic rings. The number of nitrogens with zero attached hydrogens (tertiary/aromatic N) is 1. The van der Waals surface area contributed by atoms with Crippen molar-refractivity contribution in [1.82, 2.24) is 0 Å². The molecule has 1 aliphatic heterocycles. The van der Waals surface area contributed by atoms with Crippen LogP contribution in [0.2, 0.25) is 0 Å². The number of allylic oxidation sites excluding steroid dienone is 1. The van der Waals surface area contributed by atoms with Crippen molar-refractivity contribution in [3.05, 3.63) is 70.8 Å². The van der Waals surface area contributed by atoms with Crippen molar-refractivity contribution >= 4 is 23.6 Å². The van der Waals surface area contributed by atoms with Gasteiger partial charge in [0.2, 0.25) is 0 Å². The van der Waals surface area contributed by atoms with Crippen molar-refractivity contribution in [1.29, 1.82) is 0 Å². The van der Waals surface area contributed by atoms with Crippen LogP contribution < -0.4 is 4.90 Å². The SMILES string of the molecule is CCc1ccc(N2C(=O)/C(=C\c3ccco3)C(C(=O)OC)=C2C)cc1. The maximum absolute atomic E-state index is 13.0. The first-order valence-corrected chi connectivity index (χ1v) is 8.05. The Balaban J connectivity index is 2.09. The number of furan rings is 1. The molecule has 0 unspecified atom stereocenters. The number of hydrogen-bond acceptors (Lipinski definition) is 4. The van der Waals surface area contributed by atoms with Crippen molar-refractivity contribution in [3.8, 4) is 0 Å². The maximum Gasteiger partial charge on any atom is 0.340 e. The number of methoxy groups -OCH3 is 1. The lowest BCUT2D eigenvalue weighted by atomic mass is 10.1. The van der Waals surface area contributed by atoms with Crippen molar-refractivity contribution in [2.75, 3.05) is 12.0 Å². The minimum atomic E-state index is -0.545. The second-order valence-electron chi connectivity index (χ2n) is 5.69. The zero-order chi connectivity index (χ0) is 18.0. The van der Waals surface area contributed by atoms with Gasteiger partial charge in [-0.2, -0.15) is 0 Å². The molecule has 128 valence electrons. The number of carbonyl (C=O) groups is 2. The molecule has 5 heteroatoms. The fraction of sp³-hybridized carbons (Fsp3) is 0.200. The molecule has 0 radical (unpaired) electrons. The number of rotatable bonds is 4. The Morgan fingerprint density at radius 1 is 1.24 bits per heavy atom. The van der Waals surface area contributed by atoms with Crippen LogP contribution in [0.25, 0.3) is 6.08 Å². The molecule has 5 nitrogen and oxygen atoms in total. The van der Waals surface area contributed by atoms with E-state index in [4.69, 9.17) is 9.15 Å². The monoisotopic (exact) mass is 337 g/mol. The lowest BCUT2D eigenvalue weighted by Crippen LogP contribution is -2.24. The van der Waals surface area contributed by atoms with Crippen LogP contribution in [0, 0.1) is 0 Å². The number of ether oxygens (including phenoxy) is 1. The quantitative estimate of drug-likeness (QED) is 0.630. The summed E-state index contributed by atoms with van der Waals surface area (Å²) in [5, 5.41) is 0.